The summed E-state index contributed by atoms with van der Waals surface area (Å²) in [5.41, 5.74) is -0.347. The molecule has 0 spiro atoms. The minimum absolute atomic E-state index is 0.135. The topological polar surface area (TPSA) is 106 Å². The molecule has 2 rings (SSSR count). The standard InChI is InChI=1S/C13H17N3O5/c1-21-8-9-4-6-15(7-5-9)12-11(16(19)20)3-2-10(14-12)13(17)18/h2-3,9H,4-8H2,1H3,(H,17,18). The average molecular weight is 295 g/mol. The van der Waals surface area contributed by atoms with Crippen molar-refractivity contribution < 1.29 is 19.6 Å². The van der Waals surface area contributed by atoms with Gasteiger partial charge in [-0.1, -0.05) is 0 Å². The minimum Gasteiger partial charge on any atom is -0.477 e. The number of anilines is 1. The highest BCUT2D eigenvalue weighted by Crippen LogP contribution is 2.30. The molecule has 1 N–H and O–H groups in total. The summed E-state index contributed by atoms with van der Waals surface area (Å²) in [7, 11) is 1.65. The van der Waals surface area contributed by atoms with Crippen LogP contribution in [0.3, 0.4) is 0 Å². The van der Waals surface area contributed by atoms with Gasteiger partial charge >= 0.3 is 11.7 Å². The van der Waals surface area contributed by atoms with Crippen molar-refractivity contribution in [3.05, 3.63) is 27.9 Å². The van der Waals surface area contributed by atoms with Gasteiger partial charge in [-0.2, -0.15) is 0 Å². The highest BCUT2D eigenvalue weighted by atomic mass is 16.6. The number of piperidine rings is 1. The number of pyridine rings is 1. The maximum absolute atomic E-state index is 11.1. The number of carboxylic acids is 1. The van der Waals surface area contributed by atoms with E-state index in [2.05, 4.69) is 4.98 Å². The molecular weight excluding hydrogens is 278 g/mol. The number of aromatic nitrogens is 1. The maximum atomic E-state index is 11.1. The summed E-state index contributed by atoms with van der Waals surface area (Å²) >= 11 is 0. The molecular formula is C13H17N3O5. The Balaban J connectivity index is 2.23. The van der Waals surface area contributed by atoms with Gasteiger partial charge in [0.05, 0.1) is 4.92 Å². The molecule has 0 amide bonds. The first kappa shape index (κ1) is 15.2. The molecule has 114 valence electrons. The van der Waals surface area contributed by atoms with Crippen molar-refractivity contribution in [2.24, 2.45) is 5.92 Å². The lowest BCUT2D eigenvalue weighted by Crippen LogP contribution is -2.36. The Bertz CT molecular complexity index is 541. The summed E-state index contributed by atoms with van der Waals surface area (Å²) in [6.07, 6.45) is 1.67. The van der Waals surface area contributed by atoms with E-state index in [4.69, 9.17) is 9.84 Å². The number of carboxylic acid groups (broad SMARTS) is 1. The molecule has 8 nitrogen and oxygen atoms in total. The molecule has 0 bridgehead atoms. The maximum Gasteiger partial charge on any atom is 0.354 e. The second kappa shape index (κ2) is 6.49. The SMILES string of the molecule is COCC1CCN(c2nc(C(=O)O)ccc2[N+](=O)[O-])CC1. The quantitative estimate of drug-likeness (QED) is 0.648. The van der Waals surface area contributed by atoms with Crippen molar-refractivity contribution in [2.45, 2.75) is 12.8 Å². The largest absolute Gasteiger partial charge is 0.477 e. The first-order valence-corrected chi connectivity index (χ1v) is 6.65. The second-order valence-electron chi connectivity index (χ2n) is 4.99. The predicted octanol–water partition coefficient (Wildman–Crippen LogP) is 1.55. The number of methoxy groups -OCH3 is 1. The third-order valence-corrected chi connectivity index (χ3v) is 3.59. The predicted molar refractivity (Wildman–Crippen MR) is 74.7 cm³/mol. The molecule has 0 saturated carbocycles. The molecule has 0 radical (unpaired) electrons. The van der Waals surface area contributed by atoms with E-state index in [0.29, 0.717) is 25.6 Å². The van der Waals surface area contributed by atoms with Crippen LogP contribution in [0.4, 0.5) is 11.5 Å². The fraction of sp³-hybridized carbons (Fsp3) is 0.538. The van der Waals surface area contributed by atoms with Crippen LogP contribution in [0.2, 0.25) is 0 Å². The Hall–Kier alpha value is -2.22. The van der Waals surface area contributed by atoms with Crippen LogP contribution in [-0.4, -0.2) is 47.8 Å². The number of rotatable bonds is 5. The number of nitrogens with zero attached hydrogens (tertiary/aromatic N) is 3. The molecule has 1 aromatic heterocycles. The molecule has 21 heavy (non-hydrogen) atoms. The van der Waals surface area contributed by atoms with Gasteiger partial charge in [-0.05, 0) is 24.8 Å². The summed E-state index contributed by atoms with van der Waals surface area (Å²) in [5.74, 6) is -0.635. The Morgan fingerprint density at radius 1 is 1.52 bits per heavy atom. The molecule has 1 aliphatic heterocycles. The van der Waals surface area contributed by atoms with Gasteiger partial charge < -0.3 is 14.7 Å². The van der Waals surface area contributed by atoms with Crippen molar-refractivity contribution in [1.82, 2.24) is 4.98 Å². The summed E-state index contributed by atoms with van der Waals surface area (Å²) in [4.78, 5) is 27.3. The number of aromatic carboxylic acids is 1. The smallest absolute Gasteiger partial charge is 0.354 e. The molecule has 0 aromatic carbocycles. The Morgan fingerprint density at radius 3 is 2.71 bits per heavy atom. The number of ether oxygens (including phenoxy) is 1. The molecule has 1 aliphatic rings. The molecule has 0 unspecified atom stereocenters. The van der Waals surface area contributed by atoms with Gasteiger partial charge in [0.1, 0.15) is 0 Å². The first-order valence-electron chi connectivity index (χ1n) is 6.65. The van der Waals surface area contributed by atoms with Crippen molar-refractivity contribution in [3.63, 3.8) is 0 Å². The van der Waals surface area contributed by atoms with Crippen LogP contribution in [-0.2, 0) is 4.74 Å². The second-order valence-corrected chi connectivity index (χ2v) is 4.99. The van der Waals surface area contributed by atoms with E-state index in [0.717, 1.165) is 18.9 Å². The molecule has 0 aliphatic carbocycles. The van der Waals surface area contributed by atoms with Crippen molar-refractivity contribution in [1.29, 1.82) is 0 Å². The van der Waals surface area contributed by atoms with Gasteiger partial charge in [-0.15, -0.1) is 0 Å². The van der Waals surface area contributed by atoms with Gasteiger partial charge in [0, 0.05) is 32.9 Å². The van der Waals surface area contributed by atoms with Crippen LogP contribution in [0.25, 0.3) is 0 Å². The van der Waals surface area contributed by atoms with Crippen LogP contribution in [0, 0.1) is 16.0 Å². The first-order chi connectivity index (χ1) is 10.0. The van der Waals surface area contributed by atoms with E-state index >= 15 is 0 Å². The zero-order chi connectivity index (χ0) is 15.4. The molecule has 1 saturated heterocycles. The summed E-state index contributed by atoms with van der Waals surface area (Å²) in [6.45, 7) is 1.87. The van der Waals surface area contributed by atoms with Crippen molar-refractivity contribution in [2.75, 3.05) is 31.7 Å². The van der Waals surface area contributed by atoms with Crippen LogP contribution < -0.4 is 4.90 Å². The van der Waals surface area contributed by atoms with Crippen LogP contribution in [0.15, 0.2) is 12.1 Å². The summed E-state index contributed by atoms with van der Waals surface area (Å²) < 4.78 is 5.11. The Morgan fingerprint density at radius 2 is 2.19 bits per heavy atom. The van der Waals surface area contributed by atoms with E-state index in [1.807, 2.05) is 0 Å². The van der Waals surface area contributed by atoms with Gasteiger partial charge in [0.15, 0.2) is 5.69 Å². The van der Waals surface area contributed by atoms with Crippen molar-refractivity contribution in [3.8, 4) is 0 Å². The molecule has 8 heteroatoms. The lowest BCUT2D eigenvalue weighted by Gasteiger charge is -2.32. The van der Waals surface area contributed by atoms with E-state index in [9.17, 15) is 14.9 Å². The monoisotopic (exact) mass is 295 g/mol. The number of carbonyl (C=O) groups is 1. The summed E-state index contributed by atoms with van der Waals surface area (Å²) in [5, 5.41) is 20.1. The highest BCUT2D eigenvalue weighted by molar-refractivity contribution is 5.86. The third-order valence-electron chi connectivity index (χ3n) is 3.59. The van der Waals surface area contributed by atoms with Gasteiger partial charge in [0.25, 0.3) is 0 Å². The van der Waals surface area contributed by atoms with E-state index in [1.54, 1.807) is 12.0 Å². The molecule has 2 heterocycles. The van der Waals surface area contributed by atoms with E-state index < -0.39 is 10.9 Å². The lowest BCUT2D eigenvalue weighted by molar-refractivity contribution is -0.384. The highest BCUT2D eigenvalue weighted by Gasteiger charge is 2.27. The van der Waals surface area contributed by atoms with Gasteiger partial charge in [-0.3, -0.25) is 10.1 Å². The Labute approximate surface area is 121 Å². The fourth-order valence-corrected chi connectivity index (χ4v) is 2.48. The van der Waals surface area contributed by atoms with E-state index in [1.165, 1.54) is 6.07 Å². The van der Waals surface area contributed by atoms with Crippen LogP contribution >= 0.6 is 0 Å². The number of hydrogen-bond donors (Lipinski definition) is 1. The zero-order valence-corrected chi connectivity index (χ0v) is 11.7. The zero-order valence-electron chi connectivity index (χ0n) is 11.7. The van der Waals surface area contributed by atoms with Gasteiger partial charge in [0.2, 0.25) is 5.82 Å². The molecule has 1 fully saturated rings. The molecule has 1 aromatic rings. The normalized spacial score (nSPS) is 16.0. The van der Waals surface area contributed by atoms with Crippen LogP contribution in [0.1, 0.15) is 23.3 Å². The van der Waals surface area contributed by atoms with Gasteiger partial charge in [-0.25, -0.2) is 9.78 Å². The third kappa shape index (κ3) is 3.46. The number of nitro groups is 1. The van der Waals surface area contributed by atoms with Crippen LogP contribution in [0.5, 0.6) is 0 Å². The number of hydrogen-bond acceptors (Lipinski definition) is 6. The minimum atomic E-state index is -1.19. The fourth-order valence-electron chi connectivity index (χ4n) is 2.48. The van der Waals surface area contributed by atoms with E-state index in [-0.39, 0.29) is 17.2 Å². The summed E-state index contributed by atoms with van der Waals surface area (Å²) in [6, 6.07) is 2.36. The lowest BCUT2D eigenvalue weighted by atomic mass is 9.98. The molecule has 0 atom stereocenters. The average Bonchev–Trinajstić information content (AvgIpc) is 2.47. The van der Waals surface area contributed by atoms with Crippen molar-refractivity contribution >= 4 is 17.5 Å². The Kier molecular flexibility index (Phi) is 4.69.